The Morgan fingerprint density at radius 2 is 1.67 bits per heavy atom. The number of aromatic nitrogens is 2. The van der Waals surface area contributed by atoms with Gasteiger partial charge < -0.3 is 5.32 Å². The number of hydrogen-bond donors (Lipinski definition) is 1. The van der Waals surface area contributed by atoms with Crippen LogP contribution in [0.15, 0.2) is 64.4 Å². The third-order valence-electron chi connectivity index (χ3n) is 4.40. The quantitative estimate of drug-likeness (QED) is 0.724. The monoisotopic (exact) mass is 363 g/mol. The van der Waals surface area contributed by atoms with E-state index in [1.54, 1.807) is 12.1 Å². The first-order valence-electron chi connectivity index (χ1n) is 8.62. The molecule has 138 valence electrons. The molecule has 6 heteroatoms. The van der Waals surface area contributed by atoms with E-state index in [-0.39, 0.29) is 12.5 Å². The Labute approximate surface area is 156 Å². The predicted octanol–water partition coefficient (Wildman–Crippen LogP) is 2.56. The number of anilines is 1. The van der Waals surface area contributed by atoms with Crippen LogP contribution in [0.5, 0.6) is 0 Å². The molecule has 0 fully saturated rings. The fourth-order valence-corrected chi connectivity index (χ4v) is 2.95. The van der Waals surface area contributed by atoms with E-state index in [0.717, 1.165) is 21.3 Å². The third kappa shape index (κ3) is 3.89. The van der Waals surface area contributed by atoms with Gasteiger partial charge in [-0.15, -0.1) is 0 Å². The van der Waals surface area contributed by atoms with E-state index in [9.17, 15) is 14.4 Å². The van der Waals surface area contributed by atoms with E-state index in [1.807, 2.05) is 51.1 Å². The van der Waals surface area contributed by atoms with Crippen LogP contribution < -0.4 is 16.4 Å². The molecular formula is C21H21N3O3. The molecule has 1 amide bonds. The van der Waals surface area contributed by atoms with Crippen LogP contribution in [0.1, 0.15) is 16.7 Å². The second kappa shape index (κ2) is 7.45. The molecule has 0 saturated carbocycles. The number of nitrogens with zero attached hydrogens (tertiary/aromatic N) is 2. The number of para-hydroxylation sites is 1. The van der Waals surface area contributed by atoms with E-state index < -0.39 is 11.1 Å². The number of hydrogen-bond acceptors (Lipinski definition) is 3. The largest absolute Gasteiger partial charge is 0.324 e. The molecule has 0 atom stereocenters. The van der Waals surface area contributed by atoms with Crippen LogP contribution in [0, 0.1) is 20.8 Å². The van der Waals surface area contributed by atoms with Crippen molar-refractivity contribution in [2.24, 2.45) is 0 Å². The maximum Gasteiger partial charge on any atom is 0.320 e. The highest BCUT2D eigenvalue weighted by atomic mass is 16.2. The lowest BCUT2D eigenvalue weighted by molar-refractivity contribution is -0.116. The summed E-state index contributed by atoms with van der Waals surface area (Å²) < 4.78 is 2.42. The van der Waals surface area contributed by atoms with Gasteiger partial charge in [0.25, 0.3) is 0 Å². The topological polar surface area (TPSA) is 73.1 Å². The van der Waals surface area contributed by atoms with Gasteiger partial charge in [-0.3, -0.25) is 23.5 Å². The van der Waals surface area contributed by atoms with E-state index >= 15 is 0 Å². The lowest BCUT2D eigenvalue weighted by Crippen LogP contribution is -2.41. The molecule has 3 aromatic rings. The predicted molar refractivity (Wildman–Crippen MR) is 106 cm³/mol. The van der Waals surface area contributed by atoms with E-state index in [4.69, 9.17) is 0 Å². The molecule has 1 heterocycles. The smallest absolute Gasteiger partial charge is 0.320 e. The lowest BCUT2D eigenvalue weighted by atomic mass is 10.1. The number of nitrogens with one attached hydrogen (secondary N) is 1. The van der Waals surface area contributed by atoms with Gasteiger partial charge >= 0.3 is 11.1 Å². The fourth-order valence-electron chi connectivity index (χ4n) is 2.95. The van der Waals surface area contributed by atoms with Crippen molar-refractivity contribution in [2.45, 2.75) is 27.3 Å². The summed E-state index contributed by atoms with van der Waals surface area (Å²) in [5.74, 6) is -0.364. The molecule has 2 aromatic carbocycles. The minimum atomic E-state index is -0.739. The Morgan fingerprint density at radius 1 is 0.926 bits per heavy atom. The average Bonchev–Trinajstić information content (AvgIpc) is 2.62. The van der Waals surface area contributed by atoms with Crippen LogP contribution in [0.2, 0.25) is 0 Å². The van der Waals surface area contributed by atoms with Crippen molar-refractivity contribution in [3.8, 4) is 5.69 Å². The van der Waals surface area contributed by atoms with Gasteiger partial charge in [-0.2, -0.15) is 0 Å². The summed E-state index contributed by atoms with van der Waals surface area (Å²) in [7, 11) is 0. The summed E-state index contributed by atoms with van der Waals surface area (Å²) in [6.07, 6.45) is 2.97. The van der Waals surface area contributed by atoms with Crippen molar-refractivity contribution in [1.82, 2.24) is 9.13 Å². The average molecular weight is 363 g/mol. The molecule has 0 unspecified atom stereocenters. The standard InChI is InChI=1S/C21H21N3O3/c1-14-8-9-17(16(3)12-14)22-19(25)13-23-10-11-24(21(27)20(23)26)18-7-5-4-6-15(18)2/h4-12H,13H2,1-3H3,(H,22,25). The molecule has 0 bridgehead atoms. The van der Waals surface area contributed by atoms with Crippen molar-refractivity contribution >= 4 is 11.6 Å². The maximum atomic E-state index is 12.5. The summed E-state index contributed by atoms with van der Waals surface area (Å²) in [6, 6.07) is 13.0. The molecule has 0 saturated heterocycles. The van der Waals surface area contributed by atoms with E-state index in [0.29, 0.717) is 11.4 Å². The maximum absolute atomic E-state index is 12.5. The van der Waals surface area contributed by atoms with Crippen LogP contribution in [-0.2, 0) is 11.3 Å². The highest BCUT2D eigenvalue weighted by molar-refractivity contribution is 5.91. The van der Waals surface area contributed by atoms with Crippen molar-refractivity contribution in [3.05, 3.63) is 92.3 Å². The van der Waals surface area contributed by atoms with Gasteiger partial charge in [-0.1, -0.05) is 35.9 Å². The van der Waals surface area contributed by atoms with Gasteiger partial charge in [-0.25, -0.2) is 0 Å². The highest BCUT2D eigenvalue weighted by Gasteiger charge is 2.12. The normalized spacial score (nSPS) is 10.6. The summed E-state index contributed by atoms with van der Waals surface area (Å²) in [6.45, 7) is 5.51. The van der Waals surface area contributed by atoms with E-state index in [2.05, 4.69) is 5.32 Å². The molecule has 3 rings (SSSR count). The van der Waals surface area contributed by atoms with Gasteiger partial charge in [0.15, 0.2) is 0 Å². The van der Waals surface area contributed by atoms with Crippen LogP contribution in [0.4, 0.5) is 5.69 Å². The number of carbonyl (C=O) groups excluding carboxylic acids is 1. The SMILES string of the molecule is Cc1ccc(NC(=O)Cn2ccn(-c3ccccc3C)c(=O)c2=O)c(C)c1. The zero-order chi connectivity index (χ0) is 19.6. The van der Waals surface area contributed by atoms with Crippen LogP contribution in [-0.4, -0.2) is 15.0 Å². The van der Waals surface area contributed by atoms with Crippen LogP contribution in [0.25, 0.3) is 5.69 Å². The van der Waals surface area contributed by atoms with Crippen LogP contribution in [0.3, 0.4) is 0 Å². The number of aryl methyl sites for hydroxylation is 3. The van der Waals surface area contributed by atoms with Gasteiger partial charge in [0.05, 0.1) is 5.69 Å². The molecule has 0 aliphatic heterocycles. The number of amides is 1. The van der Waals surface area contributed by atoms with E-state index in [1.165, 1.54) is 17.0 Å². The van der Waals surface area contributed by atoms with Crippen molar-refractivity contribution in [2.75, 3.05) is 5.32 Å². The zero-order valence-corrected chi connectivity index (χ0v) is 15.5. The van der Waals surface area contributed by atoms with Crippen molar-refractivity contribution in [3.63, 3.8) is 0 Å². The molecule has 6 nitrogen and oxygen atoms in total. The minimum absolute atomic E-state index is 0.226. The summed E-state index contributed by atoms with van der Waals surface area (Å²) in [5.41, 5.74) is 2.82. The summed E-state index contributed by atoms with van der Waals surface area (Å²) in [5, 5.41) is 2.78. The summed E-state index contributed by atoms with van der Waals surface area (Å²) >= 11 is 0. The van der Waals surface area contributed by atoms with Crippen LogP contribution >= 0.6 is 0 Å². The second-order valence-corrected chi connectivity index (χ2v) is 6.56. The molecule has 27 heavy (non-hydrogen) atoms. The van der Waals surface area contributed by atoms with Gasteiger partial charge in [0.1, 0.15) is 6.54 Å². The Hall–Kier alpha value is -3.41. The van der Waals surface area contributed by atoms with Crippen molar-refractivity contribution < 1.29 is 4.79 Å². The Kier molecular flexibility index (Phi) is 5.07. The Morgan fingerprint density at radius 3 is 2.37 bits per heavy atom. The molecule has 1 N–H and O–H groups in total. The first-order chi connectivity index (χ1) is 12.9. The number of benzene rings is 2. The lowest BCUT2D eigenvalue weighted by Gasteiger charge is -2.12. The van der Waals surface area contributed by atoms with Crippen molar-refractivity contribution in [1.29, 1.82) is 0 Å². The fraction of sp³-hybridized carbons (Fsp3) is 0.190. The Balaban J connectivity index is 1.85. The second-order valence-electron chi connectivity index (χ2n) is 6.56. The molecule has 0 aliphatic carbocycles. The Bertz CT molecular complexity index is 1130. The number of carbonyl (C=O) groups is 1. The zero-order valence-electron chi connectivity index (χ0n) is 15.5. The van der Waals surface area contributed by atoms with Gasteiger partial charge in [0.2, 0.25) is 5.91 Å². The van der Waals surface area contributed by atoms with Gasteiger partial charge in [0, 0.05) is 18.1 Å². The molecule has 1 aromatic heterocycles. The first-order valence-corrected chi connectivity index (χ1v) is 8.62. The summed E-state index contributed by atoms with van der Waals surface area (Å²) in [4.78, 5) is 37.2. The highest BCUT2D eigenvalue weighted by Crippen LogP contribution is 2.16. The number of rotatable bonds is 4. The minimum Gasteiger partial charge on any atom is -0.324 e. The molecule has 0 aliphatic rings. The molecular weight excluding hydrogens is 342 g/mol. The first kappa shape index (κ1) is 18.4. The molecule has 0 radical (unpaired) electrons. The molecule has 0 spiro atoms. The van der Waals surface area contributed by atoms with Gasteiger partial charge in [-0.05, 0) is 44.0 Å². The third-order valence-corrected chi connectivity index (χ3v) is 4.40.